The van der Waals surface area contributed by atoms with Gasteiger partial charge in [0.2, 0.25) is 5.91 Å². The van der Waals surface area contributed by atoms with Gasteiger partial charge >= 0.3 is 5.91 Å². The molecule has 42 heavy (non-hydrogen) atoms. The van der Waals surface area contributed by atoms with Crippen molar-refractivity contribution in [3.8, 4) is 11.1 Å². The second kappa shape index (κ2) is 15.9. The van der Waals surface area contributed by atoms with Crippen LogP contribution in [0.3, 0.4) is 0 Å². The number of hydrogen-bond acceptors (Lipinski definition) is 10. The Bertz CT molecular complexity index is 1200. The summed E-state index contributed by atoms with van der Waals surface area (Å²) in [5.74, 6) is -3.22. The van der Waals surface area contributed by atoms with E-state index < -0.39 is 66.9 Å². The van der Waals surface area contributed by atoms with Gasteiger partial charge < -0.3 is 35.4 Å². The summed E-state index contributed by atoms with van der Waals surface area (Å²) in [6, 6.07) is 15.1. The van der Waals surface area contributed by atoms with E-state index in [1.54, 1.807) is 36.0 Å². The summed E-state index contributed by atoms with van der Waals surface area (Å²) in [5.41, 5.74) is 2.21. The van der Waals surface area contributed by atoms with Crippen LogP contribution in [0, 0.1) is 4.91 Å². The fourth-order valence-corrected chi connectivity index (χ4v) is 5.26. The molecule has 0 aromatic heterocycles. The van der Waals surface area contributed by atoms with Crippen LogP contribution < -0.4 is 10.6 Å². The maximum absolute atomic E-state index is 12.7. The Morgan fingerprint density at radius 3 is 2.40 bits per heavy atom. The molecule has 1 heterocycles. The molecule has 1 aliphatic heterocycles. The SMILES string of the molecule is CCSCCCOC1(C(=O)N=O)CC(O)C(NC(C)=O)C(C(O)C(O)CNC(=O)c2ccc(-c3ccccc3)cc2)O1. The van der Waals surface area contributed by atoms with Crippen molar-refractivity contribution in [3.63, 3.8) is 0 Å². The van der Waals surface area contributed by atoms with Gasteiger partial charge in [0.05, 0.1) is 24.9 Å². The number of thioether (sulfide) groups is 1. The molecule has 1 fully saturated rings. The molecular weight excluding hydrogens is 566 g/mol. The third kappa shape index (κ3) is 8.66. The van der Waals surface area contributed by atoms with Gasteiger partial charge in [0.25, 0.3) is 11.7 Å². The van der Waals surface area contributed by atoms with Crippen molar-refractivity contribution >= 4 is 29.5 Å². The standard InChI is InChI=1S/C29H37N3O9S/c1-3-42-15-7-14-40-29(28(38)32-39)16-22(34)24(31-18(2)33)26(41-29)25(36)23(35)17-30-27(37)21-12-10-20(11-13-21)19-8-5-4-6-9-19/h4-6,8-13,22-26,34-36H,3,7,14-17H2,1-2H3,(H,30,37)(H,31,33). The Kier molecular flexibility index (Phi) is 12.6. The van der Waals surface area contributed by atoms with E-state index in [2.05, 4.69) is 15.8 Å². The van der Waals surface area contributed by atoms with E-state index in [4.69, 9.17) is 9.47 Å². The summed E-state index contributed by atoms with van der Waals surface area (Å²) in [5, 5.41) is 40.1. The number of carbonyl (C=O) groups is 3. The van der Waals surface area contributed by atoms with Crippen LogP contribution in [0.5, 0.6) is 0 Å². The van der Waals surface area contributed by atoms with E-state index in [9.17, 15) is 34.6 Å². The van der Waals surface area contributed by atoms with Gasteiger partial charge in [-0.2, -0.15) is 11.8 Å². The molecule has 1 saturated heterocycles. The Hall–Kier alpha value is -3.20. The van der Waals surface area contributed by atoms with Crippen molar-refractivity contribution in [2.24, 2.45) is 5.18 Å². The van der Waals surface area contributed by atoms with Gasteiger partial charge in [0, 0.05) is 30.6 Å². The molecule has 12 nitrogen and oxygen atoms in total. The largest absolute Gasteiger partial charge is 0.391 e. The minimum absolute atomic E-state index is 0.0176. The molecule has 0 saturated carbocycles. The summed E-state index contributed by atoms with van der Waals surface area (Å²) in [6.07, 6.45) is -6.67. The molecular formula is C29H37N3O9S. The predicted molar refractivity (Wildman–Crippen MR) is 156 cm³/mol. The second-order valence-electron chi connectivity index (χ2n) is 9.84. The average molecular weight is 604 g/mol. The number of nitrogens with one attached hydrogen (secondary N) is 2. The highest BCUT2D eigenvalue weighted by atomic mass is 32.2. The van der Waals surface area contributed by atoms with Crippen LogP contribution in [-0.4, -0.2) is 93.9 Å². The fourth-order valence-electron chi connectivity index (χ4n) is 4.65. The van der Waals surface area contributed by atoms with Crippen LogP contribution in [0.15, 0.2) is 59.8 Å². The topological polar surface area (TPSA) is 184 Å². The van der Waals surface area contributed by atoms with Crippen molar-refractivity contribution in [1.82, 2.24) is 10.6 Å². The predicted octanol–water partition coefficient (Wildman–Crippen LogP) is 1.61. The Morgan fingerprint density at radius 1 is 1.12 bits per heavy atom. The summed E-state index contributed by atoms with van der Waals surface area (Å²) in [4.78, 5) is 48.4. The van der Waals surface area contributed by atoms with Gasteiger partial charge in [-0.3, -0.25) is 14.4 Å². The molecule has 0 radical (unpaired) electrons. The van der Waals surface area contributed by atoms with Gasteiger partial charge in [-0.1, -0.05) is 49.4 Å². The minimum atomic E-state index is -2.33. The van der Waals surface area contributed by atoms with Crippen molar-refractivity contribution in [2.75, 3.05) is 24.7 Å². The van der Waals surface area contributed by atoms with Gasteiger partial charge in [-0.25, -0.2) is 0 Å². The molecule has 0 bridgehead atoms. The molecule has 5 N–H and O–H groups in total. The molecule has 0 aliphatic carbocycles. The minimum Gasteiger partial charge on any atom is -0.391 e. The number of aliphatic hydroxyl groups excluding tert-OH is 3. The second-order valence-corrected chi connectivity index (χ2v) is 11.2. The Balaban J connectivity index is 1.72. The number of aliphatic hydroxyl groups is 3. The third-order valence-corrected chi connectivity index (χ3v) is 7.77. The number of benzene rings is 2. The maximum atomic E-state index is 12.7. The zero-order valence-electron chi connectivity index (χ0n) is 23.5. The van der Waals surface area contributed by atoms with Crippen LogP contribution in [0.1, 0.15) is 37.0 Å². The molecule has 1 aliphatic rings. The molecule has 0 spiro atoms. The first-order valence-electron chi connectivity index (χ1n) is 13.6. The lowest BCUT2D eigenvalue weighted by Gasteiger charge is -2.46. The zero-order valence-corrected chi connectivity index (χ0v) is 24.3. The monoisotopic (exact) mass is 603 g/mol. The van der Waals surface area contributed by atoms with Crippen molar-refractivity contribution in [2.45, 2.75) is 62.9 Å². The van der Waals surface area contributed by atoms with Crippen LogP contribution in [0.25, 0.3) is 11.1 Å². The van der Waals surface area contributed by atoms with Crippen LogP contribution in [0.2, 0.25) is 0 Å². The van der Waals surface area contributed by atoms with Gasteiger partial charge in [0.1, 0.15) is 12.2 Å². The summed E-state index contributed by atoms with van der Waals surface area (Å²) < 4.78 is 11.4. The number of ether oxygens (including phenoxy) is 2. The highest BCUT2D eigenvalue weighted by Crippen LogP contribution is 2.34. The summed E-state index contributed by atoms with van der Waals surface area (Å²) >= 11 is 1.64. The Labute approximate surface area is 248 Å². The van der Waals surface area contributed by atoms with Crippen LogP contribution >= 0.6 is 11.8 Å². The first-order valence-corrected chi connectivity index (χ1v) is 14.8. The summed E-state index contributed by atoms with van der Waals surface area (Å²) in [6.45, 7) is 2.70. The molecule has 6 atom stereocenters. The smallest absolute Gasteiger partial charge is 0.345 e. The number of carbonyl (C=O) groups excluding carboxylic acids is 3. The molecule has 3 rings (SSSR count). The van der Waals surface area contributed by atoms with E-state index in [1.165, 1.54) is 6.92 Å². The molecule has 6 unspecified atom stereocenters. The van der Waals surface area contributed by atoms with Crippen molar-refractivity contribution < 1.29 is 39.2 Å². The Morgan fingerprint density at radius 2 is 1.79 bits per heavy atom. The lowest BCUT2D eigenvalue weighted by Crippen LogP contribution is -2.68. The number of nitroso groups, excluding NO2 is 1. The first-order chi connectivity index (χ1) is 20.1. The van der Waals surface area contributed by atoms with Gasteiger partial charge in [-0.05, 0) is 41.2 Å². The number of nitrogens with zero attached hydrogens (tertiary/aromatic N) is 1. The molecule has 2 aromatic rings. The molecule has 2 aromatic carbocycles. The first kappa shape index (κ1) is 33.3. The van der Waals surface area contributed by atoms with E-state index >= 15 is 0 Å². The molecule has 3 amide bonds. The van der Waals surface area contributed by atoms with Crippen molar-refractivity contribution in [1.29, 1.82) is 0 Å². The van der Waals surface area contributed by atoms with E-state index in [1.807, 2.05) is 37.3 Å². The third-order valence-electron chi connectivity index (χ3n) is 6.78. The van der Waals surface area contributed by atoms with Crippen LogP contribution in [-0.2, 0) is 19.1 Å². The van der Waals surface area contributed by atoms with E-state index in [0.717, 1.165) is 16.9 Å². The average Bonchev–Trinajstić information content (AvgIpc) is 3.00. The van der Waals surface area contributed by atoms with Gasteiger partial charge in [0.15, 0.2) is 0 Å². The molecule has 228 valence electrons. The van der Waals surface area contributed by atoms with Gasteiger partial charge in [-0.15, -0.1) is 4.91 Å². The fraction of sp³-hybridized carbons (Fsp3) is 0.483. The summed E-state index contributed by atoms with van der Waals surface area (Å²) in [7, 11) is 0. The quantitative estimate of drug-likeness (QED) is 0.157. The molecule has 13 heteroatoms. The zero-order chi connectivity index (χ0) is 30.7. The van der Waals surface area contributed by atoms with E-state index in [-0.39, 0.29) is 6.61 Å². The van der Waals surface area contributed by atoms with E-state index in [0.29, 0.717) is 17.7 Å². The van der Waals surface area contributed by atoms with Crippen molar-refractivity contribution in [3.05, 3.63) is 65.1 Å². The number of hydrogen-bond donors (Lipinski definition) is 5. The maximum Gasteiger partial charge on any atom is 0.345 e. The highest BCUT2D eigenvalue weighted by Gasteiger charge is 2.56. The normalized spacial score (nSPS) is 23.4. The lowest BCUT2D eigenvalue weighted by molar-refractivity contribution is -0.301. The number of amides is 3. The lowest BCUT2D eigenvalue weighted by atomic mass is 9.88. The number of rotatable bonds is 14. The van der Waals surface area contributed by atoms with Crippen LogP contribution in [0.4, 0.5) is 0 Å². The highest BCUT2D eigenvalue weighted by molar-refractivity contribution is 7.99.